The van der Waals surface area contributed by atoms with E-state index in [1.165, 1.54) is 6.92 Å². The first kappa shape index (κ1) is 35.7. The van der Waals surface area contributed by atoms with E-state index < -0.39 is 0 Å². The fourth-order valence-electron chi connectivity index (χ4n) is 2.20. The van der Waals surface area contributed by atoms with Gasteiger partial charge in [0.15, 0.2) is 0 Å². The third-order valence-electron chi connectivity index (χ3n) is 3.35. The largest absolute Gasteiger partial charge is 2.00 e. The van der Waals surface area contributed by atoms with Gasteiger partial charge in [0.25, 0.3) is 0 Å². The Hall–Kier alpha value is -0.685. The van der Waals surface area contributed by atoms with Crippen molar-refractivity contribution < 1.29 is 87.2 Å². The van der Waals surface area contributed by atoms with Crippen LogP contribution in [0.1, 0.15) is 32.2 Å². The molecule has 3 aromatic heterocycles. The fraction of sp³-hybridized carbons (Fsp3) is 0.412. The number of aromatic nitrogens is 6. The van der Waals surface area contributed by atoms with Gasteiger partial charge in [-0.25, -0.2) is 0 Å². The number of hydrogen-bond acceptors (Lipinski definition) is 2. The van der Waals surface area contributed by atoms with Crippen molar-refractivity contribution in [1.29, 1.82) is 5.26 Å². The summed E-state index contributed by atoms with van der Waals surface area (Å²) in [6.07, 6.45) is 14.5. The maximum atomic E-state index is 7.32. The van der Waals surface area contributed by atoms with Gasteiger partial charge >= 0.3 is 40.8 Å². The van der Waals surface area contributed by atoms with E-state index in [-0.39, 0.29) is 78.1 Å². The first-order valence-corrected chi connectivity index (χ1v) is 7.93. The standard InChI is InChI=1S/C15H19N6.C2H3N.3ClH.2Pd/c1-3-18-5-7-20(12-18)10-14-9-15(17-16-14)11-21-8-6-19(4-2)13-21;1-2-3;;;;;/h5-9H,3-4,10-11H2,1-2H3;1H3;3*1H;;/q-1;;;;;2*+2/p-3. The molecule has 0 aliphatic rings. The van der Waals surface area contributed by atoms with Gasteiger partial charge in [0.2, 0.25) is 12.7 Å². The second kappa shape index (κ2) is 19.3. The molecule has 166 valence electrons. The van der Waals surface area contributed by atoms with Crippen molar-refractivity contribution in [2.45, 2.75) is 47.0 Å². The molecule has 3 rings (SSSR count). The SMILES string of the molecule is CC#N.CCn1[c-][n+](Cc2cc(Cn3[c-][n+](CC)cc3)n[n-]2)cc1.[Cl-].[Cl-].[Cl-].[Pd+2].[Pd+2]. The number of nitrogens with zero attached hydrogens (tertiary/aromatic N) is 7. The zero-order chi connectivity index (χ0) is 17.4. The predicted molar refractivity (Wildman–Crippen MR) is 85.3 cm³/mol. The first-order chi connectivity index (χ1) is 11.7. The minimum absolute atomic E-state index is 0. The van der Waals surface area contributed by atoms with Crippen molar-refractivity contribution in [3.05, 3.63) is 54.9 Å². The summed E-state index contributed by atoms with van der Waals surface area (Å²) < 4.78 is 8.00. The quantitative estimate of drug-likeness (QED) is 0.152. The third kappa shape index (κ3) is 11.9. The Morgan fingerprint density at radius 2 is 1.62 bits per heavy atom. The Morgan fingerprint density at radius 1 is 1.07 bits per heavy atom. The summed E-state index contributed by atoms with van der Waals surface area (Å²) in [4.78, 5) is 0. The van der Waals surface area contributed by atoms with Crippen LogP contribution in [0.25, 0.3) is 0 Å². The summed E-state index contributed by atoms with van der Waals surface area (Å²) in [6, 6.07) is 3.79. The molecule has 12 heteroatoms. The van der Waals surface area contributed by atoms with Gasteiger partial charge in [0.05, 0.1) is 31.4 Å². The molecule has 0 amide bonds. The molecule has 0 radical (unpaired) electrons. The van der Waals surface area contributed by atoms with Gasteiger partial charge in [-0.05, 0) is 38.6 Å². The van der Waals surface area contributed by atoms with Gasteiger partial charge < -0.3 is 65.7 Å². The zero-order valence-corrected chi connectivity index (χ0v) is 21.5. The summed E-state index contributed by atoms with van der Waals surface area (Å²) in [5.41, 5.74) is 1.91. The van der Waals surface area contributed by atoms with Crippen LogP contribution < -0.4 is 51.5 Å². The van der Waals surface area contributed by atoms with Crippen molar-refractivity contribution in [3.8, 4) is 6.07 Å². The van der Waals surface area contributed by atoms with Crippen LogP contribution in [0.3, 0.4) is 0 Å². The van der Waals surface area contributed by atoms with Crippen molar-refractivity contribution in [2.75, 3.05) is 0 Å². The van der Waals surface area contributed by atoms with Gasteiger partial charge in [-0.2, -0.15) is 5.26 Å². The van der Waals surface area contributed by atoms with E-state index in [2.05, 4.69) is 36.7 Å². The average molecular weight is 644 g/mol. The normalized spacial score (nSPS) is 8.34. The predicted octanol–water partition coefficient (Wildman–Crippen LogP) is -8.51. The van der Waals surface area contributed by atoms with E-state index in [4.69, 9.17) is 5.26 Å². The summed E-state index contributed by atoms with van der Waals surface area (Å²) in [6.45, 7) is 8.86. The second-order valence-electron chi connectivity index (χ2n) is 5.17. The zero-order valence-electron chi connectivity index (χ0n) is 16.1. The second-order valence-corrected chi connectivity index (χ2v) is 5.17. The number of imidazole rings is 2. The minimum Gasteiger partial charge on any atom is -1.00 e. The smallest absolute Gasteiger partial charge is 1.00 e. The minimum atomic E-state index is 0. The van der Waals surface area contributed by atoms with Gasteiger partial charge in [0.1, 0.15) is 6.54 Å². The summed E-state index contributed by atoms with van der Waals surface area (Å²) >= 11 is 0. The molecule has 3 heterocycles. The van der Waals surface area contributed by atoms with E-state index in [9.17, 15) is 0 Å². The van der Waals surface area contributed by atoms with Crippen molar-refractivity contribution in [2.24, 2.45) is 0 Å². The van der Waals surface area contributed by atoms with Gasteiger partial charge in [-0.1, -0.05) is 6.07 Å². The van der Waals surface area contributed by atoms with Crippen molar-refractivity contribution in [3.63, 3.8) is 0 Å². The van der Waals surface area contributed by atoms with Crippen molar-refractivity contribution in [1.82, 2.24) is 19.3 Å². The molecule has 0 atom stereocenters. The Bertz CT molecular complexity index is 753. The van der Waals surface area contributed by atoms with E-state index >= 15 is 0 Å². The number of rotatable bonds is 6. The molecule has 0 fully saturated rings. The van der Waals surface area contributed by atoms with Crippen LogP contribution in [0.5, 0.6) is 0 Å². The molecule has 3 aromatic rings. The molecule has 7 nitrogen and oxygen atoms in total. The number of hydrogen-bond donors (Lipinski definition) is 0. The van der Waals surface area contributed by atoms with Crippen molar-refractivity contribution >= 4 is 0 Å². The van der Waals surface area contributed by atoms with Crippen LogP contribution in [0.15, 0.2) is 30.9 Å². The molecule has 0 spiro atoms. The summed E-state index contributed by atoms with van der Waals surface area (Å²) in [7, 11) is 0. The average Bonchev–Trinajstić information content (AvgIpc) is 3.30. The Balaban J connectivity index is -0.000000369. The molecule has 0 unspecified atom stereocenters. The molecule has 29 heavy (non-hydrogen) atoms. The number of nitriles is 1. The Labute approximate surface area is 218 Å². The number of aryl methyl sites for hydroxylation is 2. The molecule has 0 aliphatic heterocycles. The first-order valence-electron chi connectivity index (χ1n) is 7.93. The monoisotopic (exact) mass is 641 g/mol. The summed E-state index contributed by atoms with van der Waals surface area (Å²) in [5.74, 6) is 0. The molecule has 0 saturated carbocycles. The Morgan fingerprint density at radius 3 is 2.14 bits per heavy atom. The maximum Gasteiger partial charge on any atom is 2.00 e. The van der Waals surface area contributed by atoms with Gasteiger partial charge in [0, 0.05) is 6.92 Å². The Kier molecular flexibility index (Phi) is 23.8. The van der Waals surface area contributed by atoms with Crippen LogP contribution >= 0.6 is 0 Å². The van der Waals surface area contributed by atoms with Crippen LogP contribution in [0, 0.1) is 24.0 Å². The molecule has 0 aliphatic carbocycles. The van der Waals surface area contributed by atoms with E-state index in [1.54, 1.807) is 6.07 Å². The fourth-order valence-corrected chi connectivity index (χ4v) is 2.20. The third-order valence-corrected chi connectivity index (χ3v) is 3.35. The maximum absolute atomic E-state index is 7.32. The molecule has 0 aromatic carbocycles. The van der Waals surface area contributed by atoms with Crippen LogP contribution in [0.2, 0.25) is 0 Å². The molecular formula is C17H22Cl3N7Pd2. The van der Waals surface area contributed by atoms with Gasteiger partial charge in [-0.3, -0.25) is 0 Å². The molecule has 0 N–H and O–H groups in total. The molecule has 0 bridgehead atoms. The molecule has 0 saturated heterocycles. The summed E-state index contributed by atoms with van der Waals surface area (Å²) in [5, 5.41) is 15.8. The van der Waals surface area contributed by atoms with Crippen LogP contribution in [-0.2, 0) is 67.0 Å². The van der Waals surface area contributed by atoms with E-state index in [1.807, 2.05) is 49.1 Å². The van der Waals surface area contributed by atoms with Crippen LogP contribution in [-0.4, -0.2) is 14.2 Å². The number of halogens is 3. The van der Waals surface area contributed by atoms with Gasteiger partial charge in [-0.15, -0.1) is 5.69 Å². The van der Waals surface area contributed by atoms with E-state index in [0.29, 0.717) is 13.1 Å². The topological polar surface area (TPSA) is 68.4 Å². The molecular weight excluding hydrogens is 621 g/mol. The van der Waals surface area contributed by atoms with E-state index in [0.717, 1.165) is 24.5 Å². The van der Waals surface area contributed by atoms with Crippen LogP contribution in [0.4, 0.5) is 0 Å².